The van der Waals surface area contributed by atoms with Crippen LogP contribution in [0, 0.1) is 17.8 Å². The van der Waals surface area contributed by atoms with E-state index in [0.29, 0.717) is 17.6 Å². The second-order valence-corrected chi connectivity index (χ2v) is 4.07. The van der Waals surface area contributed by atoms with Crippen LogP contribution in [0.1, 0.15) is 39.0 Å². The standard InChI is InChI=1S/C10H16O/c1-2-3-7-4-5-8-6-9(8)10(7)11/h7-9H,2-6H2,1H3/t7-,8-,9-/m0/s1. The van der Waals surface area contributed by atoms with Crippen molar-refractivity contribution in [3.63, 3.8) is 0 Å². The first-order valence-electron chi connectivity index (χ1n) is 4.86. The number of fused-ring (bicyclic) bond motifs is 1. The number of carbonyl (C=O) groups is 1. The topological polar surface area (TPSA) is 17.1 Å². The highest BCUT2D eigenvalue weighted by atomic mass is 16.1. The molecule has 2 aliphatic carbocycles. The molecule has 11 heavy (non-hydrogen) atoms. The van der Waals surface area contributed by atoms with E-state index in [1.165, 1.54) is 25.7 Å². The third-order valence-electron chi connectivity index (χ3n) is 3.21. The van der Waals surface area contributed by atoms with Crippen molar-refractivity contribution in [2.45, 2.75) is 39.0 Å². The molecule has 0 N–H and O–H groups in total. The number of ketones is 1. The molecule has 0 unspecified atom stereocenters. The maximum Gasteiger partial charge on any atom is 0.139 e. The van der Waals surface area contributed by atoms with Gasteiger partial charge in [-0.25, -0.2) is 0 Å². The van der Waals surface area contributed by atoms with Gasteiger partial charge in [0, 0.05) is 11.8 Å². The maximum atomic E-state index is 11.6. The lowest BCUT2D eigenvalue weighted by Gasteiger charge is -2.18. The summed E-state index contributed by atoms with van der Waals surface area (Å²) in [7, 11) is 0. The van der Waals surface area contributed by atoms with Crippen LogP contribution >= 0.6 is 0 Å². The van der Waals surface area contributed by atoms with Crippen molar-refractivity contribution in [3.05, 3.63) is 0 Å². The number of hydrogen-bond acceptors (Lipinski definition) is 1. The molecule has 0 heterocycles. The predicted molar refractivity (Wildman–Crippen MR) is 44.2 cm³/mol. The van der Waals surface area contributed by atoms with E-state index >= 15 is 0 Å². The van der Waals surface area contributed by atoms with E-state index in [1.54, 1.807) is 0 Å². The summed E-state index contributed by atoms with van der Waals surface area (Å²) in [5.41, 5.74) is 0. The first-order chi connectivity index (χ1) is 5.33. The first-order valence-corrected chi connectivity index (χ1v) is 4.86. The molecule has 0 aliphatic heterocycles. The second kappa shape index (κ2) is 2.62. The fourth-order valence-electron chi connectivity index (χ4n) is 2.41. The van der Waals surface area contributed by atoms with Gasteiger partial charge in [-0.1, -0.05) is 13.3 Å². The van der Waals surface area contributed by atoms with Gasteiger partial charge in [0.05, 0.1) is 0 Å². The molecule has 2 fully saturated rings. The molecule has 0 aromatic heterocycles. The molecule has 62 valence electrons. The molecule has 0 aromatic rings. The van der Waals surface area contributed by atoms with Gasteiger partial charge in [0.15, 0.2) is 0 Å². The minimum absolute atomic E-state index is 0.448. The second-order valence-electron chi connectivity index (χ2n) is 4.07. The Balaban J connectivity index is 1.94. The van der Waals surface area contributed by atoms with Crippen molar-refractivity contribution in [1.29, 1.82) is 0 Å². The highest BCUT2D eigenvalue weighted by Gasteiger charge is 2.48. The summed E-state index contributed by atoms with van der Waals surface area (Å²) in [6, 6.07) is 0. The van der Waals surface area contributed by atoms with Gasteiger partial charge < -0.3 is 0 Å². The lowest BCUT2D eigenvalue weighted by Crippen LogP contribution is -2.21. The lowest BCUT2D eigenvalue weighted by atomic mass is 9.85. The van der Waals surface area contributed by atoms with E-state index in [2.05, 4.69) is 6.92 Å². The lowest BCUT2D eigenvalue weighted by molar-refractivity contribution is -0.126. The zero-order chi connectivity index (χ0) is 7.84. The Labute approximate surface area is 68.2 Å². The normalized spacial score (nSPS) is 41.9. The summed E-state index contributed by atoms with van der Waals surface area (Å²) in [4.78, 5) is 11.6. The van der Waals surface area contributed by atoms with Gasteiger partial charge in [-0.3, -0.25) is 4.79 Å². The molecule has 0 bridgehead atoms. The summed E-state index contributed by atoms with van der Waals surface area (Å²) in [5, 5.41) is 0. The van der Waals surface area contributed by atoms with E-state index in [9.17, 15) is 4.79 Å². The molecular formula is C10H16O. The van der Waals surface area contributed by atoms with Crippen molar-refractivity contribution in [2.75, 3.05) is 0 Å². The molecule has 2 saturated carbocycles. The Kier molecular flexibility index (Phi) is 1.74. The number of Topliss-reactive ketones (excluding diaryl/α,β-unsaturated/α-hetero) is 1. The van der Waals surface area contributed by atoms with Gasteiger partial charge in [-0.2, -0.15) is 0 Å². The number of hydrogen-bond donors (Lipinski definition) is 0. The maximum absolute atomic E-state index is 11.6. The zero-order valence-electron chi connectivity index (χ0n) is 7.18. The van der Waals surface area contributed by atoms with Crippen LogP contribution in [-0.4, -0.2) is 5.78 Å². The minimum Gasteiger partial charge on any atom is -0.299 e. The molecule has 2 aliphatic rings. The van der Waals surface area contributed by atoms with Gasteiger partial charge in [-0.05, 0) is 31.6 Å². The van der Waals surface area contributed by atoms with E-state index in [-0.39, 0.29) is 0 Å². The van der Waals surface area contributed by atoms with Gasteiger partial charge in [-0.15, -0.1) is 0 Å². The Bertz CT molecular complexity index is 174. The largest absolute Gasteiger partial charge is 0.299 e. The average molecular weight is 152 g/mol. The fraction of sp³-hybridized carbons (Fsp3) is 0.900. The van der Waals surface area contributed by atoms with Crippen molar-refractivity contribution >= 4 is 5.78 Å². The molecule has 0 radical (unpaired) electrons. The highest BCUT2D eigenvalue weighted by Crippen LogP contribution is 2.49. The molecule has 0 amide bonds. The Hall–Kier alpha value is -0.330. The molecule has 1 heteroatoms. The van der Waals surface area contributed by atoms with Gasteiger partial charge in [0.2, 0.25) is 0 Å². The summed E-state index contributed by atoms with van der Waals surface area (Å²) in [6.45, 7) is 2.17. The predicted octanol–water partition coefficient (Wildman–Crippen LogP) is 2.40. The van der Waals surface area contributed by atoms with Crippen LogP contribution in [0.25, 0.3) is 0 Å². The molecule has 0 aromatic carbocycles. The molecule has 0 spiro atoms. The van der Waals surface area contributed by atoms with Crippen LogP contribution in [0.2, 0.25) is 0 Å². The van der Waals surface area contributed by atoms with Crippen LogP contribution in [0.5, 0.6) is 0 Å². The van der Waals surface area contributed by atoms with Crippen LogP contribution in [-0.2, 0) is 4.79 Å². The van der Waals surface area contributed by atoms with E-state index in [0.717, 1.165) is 12.3 Å². The first kappa shape index (κ1) is 7.33. The fourth-order valence-corrected chi connectivity index (χ4v) is 2.41. The quantitative estimate of drug-likeness (QED) is 0.593. The molecule has 2 rings (SSSR count). The summed E-state index contributed by atoms with van der Waals surface area (Å²) in [6.07, 6.45) is 6.06. The third-order valence-corrected chi connectivity index (χ3v) is 3.21. The third kappa shape index (κ3) is 1.21. The minimum atomic E-state index is 0.448. The van der Waals surface area contributed by atoms with Gasteiger partial charge in [0.1, 0.15) is 5.78 Å². The summed E-state index contributed by atoms with van der Waals surface area (Å²) >= 11 is 0. The zero-order valence-corrected chi connectivity index (χ0v) is 7.18. The van der Waals surface area contributed by atoms with Crippen LogP contribution < -0.4 is 0 Å². The number of rotatable bonds is 2. The average Bonchev–Trinajstić information content (AvgIpc) is 2.75. The summed E-state index contributed by atoms with van der Waals surface area (Å²) in [5.74, 6) is 2.38. The molecule has 1 nitrogen and oxygen atoms in total. The molecule has 0 saturated heterocycles. The Morgan fingerprint density at radius 2 is 2.27 bits per heavy atom. The van der Waals surface area contributed by atoms with Crippen LogP contribution in [0.3, 0.4) is 0 Å². The van der Waals surface area contributed by atoms with E-state index < -0.39 is 0 Å². The summed E-state index contributed by atoms with van der Waals surface area (Å²) < 4.78 is 0. The van der Waals surface area contributed by atoms with E-state index in [1.807, 2.05) is 0 Å². The van der Waals surface area contributed by atoms with Crippen molar-refractivity contribution in [1.82, 2.24) is 0 Å². The highest BCUT2D eigenvalue weighted by molar-refractivity contribution is 5.86. The van der Waals surface area contributed by atoms with Crippen molar-refractivity contribution in [2.24, 2.45) is 17.8 Å². The van der Waals surface area contributed by atoms with E-state index in [4.69, 9.17) is 0 Å². The van der Waals surface area contributed by atoms with Crippen LogP contribution in [0.4, 0.5) is 0 Å². The van der Waals surface area contributed by atoms with Crippen molar-refractivity contribution in [3.8, 4) is 0 Å². The molecule has 3 atom stereocenters. The van der Waals surface area contributed by atoms with Crippen LogP contribution in [0.15, 0.2) is 0 Å². The SMILES string of the molecule is CCC[C@H]1CC[C@H]2C[C@@H]2C1=O. The Morgan fingerprint density at radius 3 is 3.00 bits per heavy atom. The Morgan fingerprint density at radius 1 is 1.45 bits per heavy atom. The van der Waals surface area contributed by atoms with Gasteiger partial charge in [0.25, 0.3) is 0 Å². The molecular weight excluding hydrogens is 136 g/mol. The smallest absolute Gasteiger partial charge is 0.139 e. The number of carbonyl (C=O) groups excluding carboxylic acids is 1. The van der Waals surface area contributed by atoms with Crippen molar-refractivity contribution < 1.29 is 4.79 Å². The monoisotopic (exact) mass is 152 g/mol. The van der Waals surface area contributed by atoms with Gasteiger partial charge >= 0.3 is 0 Å².